The lowest BCUT2D eigenvalue weighted by Gasteiger charge is -1.84. The molecular weight excluding hydrogens is 163 g/mol. The van der Waals surface area contributed by atoms with E-state index < -0.39 is 18.8 Å². The van der Waals surface area contributed by atoms with E-state index in [0.717, 1.165) is 6.08 Å². The van der Waals surface area contributed by atoms with Crippen molar-refractivity contribution in [2.24, 2.45) is 0 Å². The summed E-state index contributed by atoms with van der Waals surface area (Å²) in [5, 5.41) is 0. The molecule has 1 atom stereocenters. The molecule has 0 heterocycles. The summed E-state index contributed by atoms with van der Waals surface area (Å²) in [5.74, 6) is -0.303. The summed E-state index contributed by atoms with van der Waals surface area (Å²) in [4.78, 5) is 0. The lowest BCUT2D eigenvalue weighted by atomic mass is 10.8. The Hall–Kier alpha value is -0.250. The summed E-state index contributed by atoms with van der Waals surface area (Å²) in [6, 6.07) is 0. The molecule has 0 aromatic rings. The summed E-state index contributed by atoms with van der Waals surface area (Å²) in [7, 11) is -4.87. The van der Waals surface area contributed by atoms with Crippen molar-refractivity contribution in [2.75, 3.05) is 5.75 Å². The average molecular weight is 169 g/mol. The molecule has 0 rings (SSSR count). The van der Waals surface area contributed by atoms with Crippen LogP contribution in [0, 0.1) is 0 Å². The van der Waals surface area contributed by atoms with Gasteiger partial charge in [0.15, 0.2) is 0 Å². The van der Waals surface area contributed by atoms with E-state index in [9.17, 15) is 13.0 Å². The molecule has 9 heavy (non-hydrogen) atoms. The molecule has 0 fully saturated rings. The van der Waals surface area contributed by atoms with Gasteiger partial charge in [0.25, 0.3) is 0 Å². The van der Waals surface area contributed by atoms with Crippen LogP contribution in [0.5, 0.6) is 0 Å². The SMILES string of the molecule is C=CCS(=O)(=O)O[PH+]=O. The third-order valence-electron chi connectivity index (χ3n) is 0.483. The summed E-state index contributed by atoms with van der Waals surface area (Å²) >= 11 is 0. The van der Waals surface area contributed by atoms with E-state index in [-0.39, 0.29) is 5.75 Å². The van der Waals surface area contributed by atoms with Crippen molar-refractivity contribution >= 4 is 18.8 Å². The molecule has 0 radical (unpaired) electrons. The molecule has 6 heteroatoms. The standard InChI is InChI=1S/C3H6O4PS/c1-2-3-9(5,6)7-8-4/h2,8H,1,3H2/q+1. The van der Waals surface area contributed by atoms with Gasteiger partial charge in [0.2, 0.25) is 0 Å². The predicted molar refractivity (Wildman–Crippen MR) is 34.1 cm³/mol. The average Bonchev–Trinajstić information content (AvgIpc) is 1.64. The van der Waals surface area contributed by atoms with Crippen LogP contribution >= 0.6 is 8.69 Å². The van der Waals surface area contributed by atoms with Gasteiger partial charge in [-0.25, -0.2) is 0 Å². The molecule has 0 bridgehead atoms. The first-order valence-corrected chi connectivity index (χ1v) is 4.41. The lowest BCUT2D eigenvalue weighted by molar-refractivity contribution is 0.490. The van der Waals surface area contributed by atoms with E-state index >= 15 is 0 Å². The van der Waals surface area contributed by atoms with Crippen LogP contribution in [0.25, 0.3) is 0 Å². The van der Waals surface area contributed by atoms with Gasteiger partial charge in [0, 0.05) is 0 Å². The van der Waals surface area contributed by atoms with Crippen molar-refractivity contribution < 1.29 is 17.0 Å². The minimum absolute atomic E-state index is 0.303. The van der Waals surface area contributed by atoms with Gasteiger partial charge in [-0.3, -0.25) is 0 Å². The second-order valence-electron chi connectivity index (χ2n) is 1.18. The van der Waals surface area contributed by atoms with E-state index in [2.05, 4.69) is 10.5 Å². The molecule has 0 aliphatic carbocycles. The van der Waals surface area contributed by atoms with Gasteiger partial charge in [0.05, 0.1) is 5.75 Å². The van der Waals surface area contributed by atoms with Crippen LogP contribution in [0.4, 0.5) is 0 Å². The molecule has 0 aliphatic rings. The van der Waals surface area contributed by atoms with Gasteiger partial charge in [-0.15, -0.1) is 6.58 Å². The maximum absolute atomic E-state index is 10.3. The quantitative estimate of drug-likeness (QED) is 0.453. The zero-order valence-corrected chi connectivity index (χ0v) is 6.35. The topological polar surface area (TPSA) is 60.4 Å². The smallest absolute Gasteiger partial charge is 0.195 e. The van der Waals surface area contributed by atoms with Crippen molar-refractivity contribution in [3.05, 3.63) is 12.7 Å². The molecule has 0 aliphatic heterocycles. The van der Waals surface area contributed by atoms with Crippen LogP contribution in [-0.4, -0.2) is 14.2 Å². The third-order valence-corrected chi connectivity index (χ3v) is 2.41. The van der Waals surface area contributed by atoms with E-state index in [1.165, 1.54) is 0 Å². The maximum Gasteiger partial charge on any atom is 0.511 e. The van der Waals surface area contributed by atoms with Crippen molar-refractivity contribution in [3.63, 3.8) is 0 Å². The van der Waals surface area contributed by atoms with E-state index in [1.807, 2.05) is 0 Å². The number of rotatable bonds is 4. The van der Waals surface area contributed by atoms with Gasteiger partial charge in [0.1, 0.15) is 0 Å². The van der Waals surface area contributed by atoms with Gasteiger partial charge in [-0.1, -0.05) is 6.08 Å². The highest BCUT2D eigenvalue weighted by Crippen LogP contribution is 2.03. The minimum atomic E-state index is -3.60. The zero-order valence-electron chi connectivity index (χ0n) is 4.53. The van der Waals surface area contributed by atoms with Crippen molar-refractivity contribution in [1.29, 1.82) is 0 Å². The zero-order chi connectivity index (χ0) is 7.33. The van der Waals surface area contributed by atoms with Crippen molar-refractivity contribution in [2.45, 2.75) is 0 Å². The molecule has 1 unspecified atom stereocenters. The van der Waals surface area contributed by atoms with E-state index in [1.54, 1.807) is 0 Å². The predicted octanol–water partition coefficient (Wildman–Crippen LogP) is 0.458. The van der Waals surface area contributed by atoms with Gasteiger partial charge >= 0.3 is 18.8 Å². The Kier molecular flexibility index (Phi) is 3.61. The first-order valence-electron chi connectivity index (χ1n) is 2.01. The highest BCUT2D eigenvalue weighted by Gasteiger charge is 2.12. The first kappa shape index (κ1) is 8.75. The Balaban J connectivity index is 4.03. The van der Waals surface area contributed by atoms with E-state index in [4.69, 9.17) is 0 Å². The van der Waals surface area contributed by atoms with Crippen LogP contribution in [0.15, 0.2) is 12.7 Å². The fourth-order valence-electron chi connectivity index (χ4n) is 0.230. The monoisotopic (exact) mass is 169 g/mol. The van der Waals surface area contributed by atoms with Gasteiger partial charge in [-0.05, 0) is 8.54 Å². The van der Waals surface area contributed by atoms with Crippen molar-refractivity contribution in [1.82, 2.24) is 0 Å². The van der Waals surface area contributed by atoms with Gasteiger partial charge in [-0.2, -0.15) is 8.42 Å². The molecule has 52 valence electrons. The van der Waals surface area contributed by atoms with Crippen LogP contribution in [0.1, 0.15) is 0 Å². The molecule has 0 saturated heterocycles. The summed E-state index contributed by atoms with van der Waals surface area (Å²) < 4.78 is 34.1. The molecule has 0 saturated carbocycles. The third kappa shape index (κ3) is 4.27. The molecule has 0 aromatic heterocycles. The molecular formula is C3H6O4PS+. The molecule has 0 amide bonds. The number of hydrogen-bond donors (Lipinski definition) is 0. The van der Waals surface area contributed by atoms with Crippen LogP contribution < -0.4 is 0 Å². The Morgan fingerprint density at radius 3 is 2.56 bits per heavy atom. The Labute approximate surface area is 54.9 Å². The maximum atomic E-state index is 10.3. The molecule has 0 aromatic carbocycles. The van der Waals surface area contributed by atoms with E-state index in [0.29, 0.717) is 0 Å². The van der Waals surface area contributed by atoms with Crippen LogP contribution in [-0.2, 0) is 18.7 Å². The summed E-state index contributed by atoms with van der Waals surface area (Å²) in [5.41, 5.74) is 0. The summed E-state index contributed by atoms with van der Waals surface area (Å²) in [6.07, 6.45) is 1.16. The fourth-order valence-corrected chi connectivity index (χ4v) is 1.21. The molecule has 0 N–H and O–H groups in total. The molecule has 0 spiro atoms. The Bertz CT molecular complexity index is 178. The number of hydrogen-bond acceptors (Lipinski definition) is 4. The second-order valence-corrected chi connectivity index (χ2v) is 3.46. The Morgan fingerprint density at radius 2 is 2.22 bits per heavy atom. The lowest BCUT2D eigenvalue weighted by Crippen LogP contribution is -2.01. The molecule has 4 nitrogen and oxygen atoms in total. The minimum Gasteiger partial charge on any atom is -0.195 e. The van der Waals surface area contributed by atoms with Crippen molar-refractivity contribution in [3.8, 4) is 0 Å². The normalized spacial score (nSPS) is 11.6. The van der Waals surface area contributed by atoms with Crippen LogP contribution in [0.3, 0.4) is 0 Å². The largest absolute Gasteiger partial charge is 0.511 e. The highest BCUT2D eigenvalue weighted by molar-refractivity contribution is 7.89. The first-order chi connectivity index (χ1) is 4.12. The Morgan fingerprint density at radius 1 is 1.67 bits per heavy atom. The fraction of sp³-hybridized carbons (Fsp3) is 0.333. The summed E-state index contributed by atoms with van der Waals surface area (Å²) in [6.45, 7) is 3.17. The highest BCUT2D eigenvalue weighted by atomic mass is 32.2. The van der Waals surface area contributed by atoms with Crippen LogP contribution in [0.2, 0.25) is 0 Å². The van der Waals surface area contributed by atoms with Gasteiger partial charge < -0.3 is 0 Å². The second kappa shape index (κ2) is 3.71.